The van der Waals surface area contributed by atoms with Gasteiger partial charge in [-0.2, -0.15) is 5.10 Å². The molecule has 26 heavy (non-hydrogen) atoms. The first-order valence-electron chi connectivity index (χ1n) is 7.70. The van der Waals surface area contributed by atoms with Gasteiger partial charge in [0.05, 0.1) is 16.1 Å². The van der Waals surface area contributed by atoms with Crippen LogP contribution in [-0.2, 0) is 9.53 Å². The predicted octanol–water partition coefficient (Wildman–Crippen LogP) is 2.36. The number of imide groups is 1. The van der Waals surface area contributed by atoms with Crippen LogP contribution in [0.25, 0.3) is 5.69 Å². The Labute approximate surface area is 153 Å². The van der Waals surface area contributed by atoms with Gasteiger partial charge in [0.1, 0.15) is 0 Å². The van der Waals surface area contributed by atoms with Crippen LogP contribution in [0.2, 0.25) is 0 Å². The highest BCUT2D eigenvalue weighted by Gasteiger charge is 2.14. The van der Waals surface area contributed by atoms with E-state index in [0.29, 0.717) is 10.4 Å². The van der Waals surface area contributed by atoms with Gasteiger partial charge in [-0.3, -0.25) is 14.9 Å². The molecule has 2 aromatic heterocycles. The Kier molecular flexibility index (Phi) is 5.23. The highest BCUT2D eigenvalue weighted by Crippen LogP contribution is 2.12. The molecule has 3 rings (SSSR count). The molecule has 0 aliphatic heterocycles. The summed E-state index contributed by atoms with van der Waals surface area (Å²) in [5, 5.41) is 8.08. The lowest BCUT2D eigenvalue weighted by atomic mass is 10.2. The van der Waals surface area contributed by atoms with Crippen molar-refractivity contribution in [1.29, 1.82) is 0 Å². The Hall–Kier alpha value is -3.26. The number of aromatic nitrogens is 2. The first kappa shape index (κ1) is 17.6. The van der Waals surface area contributed by atoms with E-state index < -0.39 is 24.4 Å². The minimum Gasteiger partial charge on any atom is -0.452 e. The van der Waals surface area contributed by atoms with Crippen LogP contribution in [0, 0.1) is 6.92 Å². The third-order valence-electron chi connectivity index (χ3n) is 3.51. The second kappa shape index (κ2) is 7.75. The molecule has 0 saturated heterocycles. The standard InChI is InChI=1S/C18H15N3O4S/c1-12-8-9-19-21(12)14-6-4-13(5-7-14)18(24)25-11-16(22)20-17(23)15-3-2-10-26-15/h2-10H,11H2,1H3,(H,20,22,23). The van der Waals surface area contributed by atoms with E-state index in [-0.39, 0.29) is 0 Å². The van der Waals surface area contributed by atoms with Crippen LogP contribution in [0.5, 0.6) is 0 Å². The van der Waals surface area contributed by atoms with E-state index in [1.807, 2.05) is 13.0 Å². The molecule has 0 unspecified atom stereocenters. The molecule has 0 aliphatic rings. The molecular formula is C18H15N3O4S. The zero-order valence-electron chi connectivity index (χ0n) is 13.8. The van der Waals surface area contributed by atoms with Crippen molar-refractivity contribution in [3.63, 3.8) is 0 Å². The van der Waals surface area contributed by atoms with Crippen LogP contribution in [-0.4, -0.2) is 34.2 Å². The molecule has 8 heteroatoms. The second-order valence-corrected chi connectivity index (χ2v) is 6.31. The summed E-state index contributed by atoms with van der Waals surface area (Å²) in [5.74, 6) is -1.84. The molecule has 0 aliphatic carbocycles. The number of carbonyl (C=O) groups excluding carboxylic acids is 3. The number of aryl methyl sites for hydroxylation is 1. The topological polar surface area (TPSA) is 90.3 Å². The number of nitrogens with zero attached hydrogens (tertiary/aromatic N) is 2. The van der Waals surface area contributed by atoms with Crippen molar-refractivity contribution < 1.29 is 19.1 Å². The summed E-state index contributed by atoms with van der Waals surface area (Å²) >= 11 is 1.22. The van der Waals surface area contributed by atoms with Crippen LogP contribution in [0.1, 0.15) is 25.7 Å². The largest absolute Gasteiger partial charge is 0.452 e. The minimum atomic E-state index is -0.680. The van der Waals surface area contributed by atoms with Crippen LogP contribution in [0.4, 0.5) is 0 Å². The molecule has 0 atom stereocenters. The zero-order valence-corrected chi connectivity index (χ0v) is 14.7. The second-order valence-electron chi connectivity index (χ2n) is 5.36. The van der Waals surface area contributed by atoms with Crippen molar-refractivity contribution >= 4 is 29.1 Å². The van der Waals surface area contributed by atoms with Gasteiger partial charge in [-0.25, -0.2) is 9.48 Å². The number of benzene rings is 1. The Morgan fingerprint density at radius 1 is 1.15 bits per heavy atom. The van der Waals surface area contributed by atoms with Gasteiger partial charge in [0, 0.05) is 11.9 Å². The van der Waals surface area contributed by atoms with Gasteiger partial charge < -0.3 is 4.74 Å². The number of rotatable bonds is 5. The number of esters is 1. The van der Waals surface area contributed by atoms with E-state index in [0.717, 1.165) is 11.4 Å². The predicted molar refractivity (Wildman–Crippen MR) is 95.4 cm³/mol. The molecule has 0 bridgehead atoms. The lowest BCUT2D eigenvalue weighted by Gasteiger charge is -2.07. The van der Waals surface area contributed by atoms with Crippen LogP contribution in [0.15, 0.2) is 54.0 Å². The maximum absolute atomic E-state index is 12.0. The van der Waals surface area contributed by atoms with E-state index in [4.69, 9.17) is 4.74 Å². The fourth-order valence-electron chi connectivity index (χ4n) is 2.23. The molecule has 0 fully saturated rings. The van der Waals surface area contributed by atoms with E-state index in [2.05, 4.69) is 10.4 Å². The average Bonchev–Trinajstić information content (AvgIpc) is 3.31. The molecule has 0 saturated carbocycles. The summed E-state index contributed by atoms with van der Waals surface area (Å²) in [6.07, 6.45) is 1.69. The number of hydrogen-bond donors (Lipinski definition) is 1. The first-order chi connectivity index (χ1) is 12.5. The Morgan fingerprint density at radius 2 is 1.92 bits per heavy atom. The highest BCUT2D eigenvalue weighted by atomic mass is 32.1. The molecule has 0 radical (unpaired) electrons. The maximum Gasteiger partial charge on any atom is 0.338 e. The Balaban J connectivity index is 1.54. The van der Waals surface area contributed by atoms with E-state index in [1.165, 1.54) is 11.3 Å². The van der Waals surface area contributed by atoms with Crippen molar-refractivity contribution in [2.24, 2.45) is 0 Å². The molecule has 2 heterocycles. The normalized spacial score (nSPS) is 10.3. The summed E-state index contributed by atoms with van der Waals surface area (Å²) in [4.78, 5) is 35.9. The van der Waals surface area contributed by atoms with Gasteiger partial charge in [0.2, 0.25) is 0 Å². The minimum absolute atomic E-state index is 0.302. The summed E-state index contributed by atoms with van der Waals surface area (Å²) in [5.41, 5.74) is 2.08. The van der Waals surface area contributed by atoms with Crippen molar-refractivity contribution in [2.75, 3.05) is 6.61 Å². The van der Waals surface area contributed by atoms with E-state index in [1.54, 1.807) is 52.7 Å². The van der Waals surface area contributed by atoms with E-state index in [9.17, 15) is 14.4 Å². The van der Waals surface area contributed by atoms with Crippen LogP contribution >= 0.6 is 11.3 Å². The molecule has 7 nitrogen and oxygen atoms in total. The smallest absolute Gasteiger partial charge is 0.338 e. The molecular weight excluding hydrogens is 354 g/mol. The summed E-state index contributed by atoms with van der Waals surface area (Å²) in [6, 6.07) is 11.8. The highest BCUT2D eigenvalue weighted by molar-refractivity contribution is 7.12. The number of nitrogens with one attached hydrogen (secondary N) is 1. The van der Waals surface area contributed by atoms with Gasteiger partial charge >= 0.3 is 5.97 Å². The van der Waals surface area contributed by atoms with Gasteiger partial charge in [-0.15, -0.1) is 11.3 Å². The van der Waals surface area contributed by atoms with Crippen LogP contribution in [0.3, 0.4) is 0 Å². The summed E-state index contributed by atoms with van der Waals surface area (Å²) in [6.45, 7) is 1.39. The average molecular weight is 369 g/mol. The zero-order chi connectivity index (χ0) is 18.5. The number of ether oxygens (including phenoxy) is 1. The van der Waals surface area contributed by atoms with Crippen molar-refractivity contribution in [3.8, 4) is 5.69 Å². The van der Waals surface area contributed by atoms with Gasteiger partial charge in [0.25, 0.3) is 11.8 Å². The number of amides is 2. The fraction of sp³-hybridized carbons (Fsp3) is 0.111. The van der Waals surface area contributed by atoms with Crippen LogP contribution < -0.4 is 5.32 Å². The van der Waals surface area contributed by atoms with Crippen molar-refractivity contribution in [3.05, 3.63) is 70.2 Å². The maximum atomic E-state index is 12.0. The molecule has 0 spiro atoms. The van der Waals surface area contributed by atoms with E-state index >= 15 is 0 Å². The molecule has 132 valence electrons. The lowest BCUT2D eigenvalue weighted by Crippen LogP contribution is -2.33. The monoisotopic (exact) mass is 369 g/mol. The lowest BCUT2D eigenvalue weighted by molar-refractivity contribution is -0.123. The summed E-state index contributed by atoms with van der Waals surface area (Å²) in [7, 11) is 0. The quantitative estimate of drug-likeness (QED) is 0.697. The molecule has 3 aromatic rings. The SMILES string of the molecule is Cc1ccnn1-c1ccc(C(=O)OCC(=O)NC(=O)c2cccs2)cc1. The summed E-state index contributed by atoms with van der Waals surface area (Å²) < 4.78 is 6.68. The number of thiophene rings is 1. The van der Waals surface area contributed by atoms with Gasteiger partial charge in [0.15, 0.2) is 6.61 Å². The van der Waals surface area contributed by atoms with Crippen molar-refractivity contribution in [2.45, 2.75) is 6.92 Å². The third kappa shape index (κ3) is 4.04. The van der Waals surface area contributed by atoms with Gasteiger partial charge in [-0.1, -0.05) is 6.07 Å². The molecule has 1 N–H and O–H groups in total. The van der Waals surface area contributed by atoms with Crippen molar-refractivity contribution in [1.82, 2.24) is 15.1 Å². The van der Waals surface area contributed by atoms with Gasteiger partial charge in [-0.05, 0) is 48.7 Å². The third-order valence-corrected chi connectivity index (χ3v) is 4.38. The molecule has 2 amide bonds. The Morgan fingerprint density at radius 3 is 2.54 bits per heavy atom. The molecule has 1 aromatic carbocycles. The Bertz CT molecular complexity index is 930. The number of hydrogen-bond acceptors (Lipinski definition) is 6. The fourth-order valence-corrected chi connectivity index (χ4v) is 2.84. The first-order valence-corrected chi connectivity index (χ1v) is 8.58. The number of carbonyl (C=O) groups is 3.